The molecule has 0 spiro atoms. The van der Waals surface area contributed by atoms with E-state index in [0.717, 1.165) is 63.1 Å². The van der Waals surface area contributed by atoms with E-state index in [1.165, 1.54) is 12.1 Å². The highest BCUT2D eigenvalue weighted by atomic mass is 19.1. The van der Waals surface area contributed by atoms with Crippen LogP contribution in [-0.4, -0.2) is 63.9 Å². The number of fused-ring (bicyclic) bond motifs is 1. The molecule has 9 nitrogen and oxygen atoms in total. The molecule has 4 aliphatic heterocycles. The van der Waals surface area contributed by atoms with Gasteiger partial charge >= 0.3 is 0 Å². The van der Waals surface area contributed by atoms with Crippen LogP contribution in [-0.2, 0) is 9.53 Å². The van der Waals surface area contributed by atoms with Crippen molar-refractivity contribution in [2.75, 3.05) is 31.5 Å². The van der Waals surface area contributed by atoms with E-state index in [0.29, 0.717) is 17.9 Å². The number of aromatic nitrogens is 2. The molecule has 36 heavy (non-hydrogen) atoms. The molecule has 2 aromatic rings. The normalized spacial score (nSPS) is 24.4. The summed E-state index contributed by atoms with van der Waals surface area (Å²) >= 11 is 0. The maximum Gasteiger partial charge on any atom is 0.298 e. The van der Waals surface area contributed by atoms with Crippen molar-refractivity contribution in [3.63, 3.8) is 0 Å². The Kier molecular flexibility index (Phi) is 6.27. The number of hydrogen-bond donors (Lipinski definition) is 2. The van der Waals surface area contributed by atoms with Crippen molar-refractivity contribution in [1.82, 2.24) is 25.1 Å². The van der Waals surface area contributed by atoms with Crippen molar-refractivity contribution < 1.29 is 13.9 Å². The Morgan fingerprint density at radius 2 is 1.86 bits per heavy atom. The highest BCUT2D eigenvalue weighted by Crippen LogP contribution is 2.43. The van der Waals surface area contributed by atoms with Gasteiger partial charge < -0.3 is 20.3 Å². The molecule has 2 atom stereocenters. The van der Waals surface area contributed by atoms with Crippen LogP contribution in [0, 0.1) is 11.7 Å². The Morgan fingerprint density at radius 3 is 2.64 bits per heavy atom. The number of ether oxygens (including phenoxy) is 1. The number of carbonyl (C=O) groups excluding carboxylic acids is 1. The van der Waals surface area contributed by atoms with E-state index in [4.69, 9.17) is 14.7 Å². The Bertz CT molecular complexity index is 1160. The molecule has 6 rings (SSSR count). The molecule has 0 saturated carbocycles. The molecule has 0 aliphatic carbocycles. The second-order valence-corrected chi connectivity index (χ2v) is 9.74. The fourth-order valence-corrected chi connectivity index (χ4v) is 5.51. The van der Waals surface area contributed by atoms with Crippen molar-refractivity contribution in [1.29, 1.82) is 0 Å². The number of benzene rings is 1. The monoisotopic (exact) mass is 491 g/mol. The van der Waals surface area contributed by atoms with Crippen molar-refractivity contribution >= 4 is 17.9 Å². The van der Waals surface area contributed by atoms with Crippen LogP contribution in [0.3, 0.4) is 0 Å². The summed E-state index contributed by atoms with van der Waals surface area (Å²) < 4.78 is 19.1. The maximum atomic E-state index is 13.5. The number of amides is 1. The van der Waals surface area contributed by atoms with Gasteiger partial charge in [0.25, 0.3) is 6.02 Å². The molecule has 2 saturated heterocycles. The van der Waals surface area contributed by atoms with Crippen LogP contribution in [0.15, 0.2) is 54.0 Å². The van der Waals surface area contributed by atoms with Crippen LogP contribution in [0.2, 0.25) is 0 Å². The molecule has 5 heterocycles. The first-order valence-corrected chi connectivity index (χ1v) is 12.7. The topological polar surface area (TPSA) is 95.0 Å². The van der Waals surface area contributed by atoms with Crippen LogP contribution in [0.4, 0.5) is 10.3 Å². The zero-order valence-corrected chi connectivity index (χ0v) is 20.0. The Hall–Kier alpha value is -3.53. The van der Waals surface area contributed by atoms with Gasteiger partial charge in [0.05, 0.1) is 5.69 Å². The van der Waals surface area contributed by atoms with E-state index in [9.17, 15) is 9.18 Å². The van der Waals surface area contributed by atoms with Gasteiger partial charge in [0.15, 0.2) is 0 Å². The number of nitrogens with zero attached hydrogens (tertiary/aromatic N) is 5. The first-order chi connectivity index (χ1) is 17.7. The van der Waals surface area contributed by atoms with Gasteiger partial charge in [-0.1, -0.05) is 12.1 Å². The van der Waals surface area contributed by atoms with Gasteiger partial charge in [-0.15, -0.1) is 0 Å². The standard InChI is InChI=1S/C26H30FN7O2/c27-19-3-1-17(2-4-19)22-23(34-15-16-36-26(34)32-22)21-7-12-29-25(31-21)30-20-8-13-33(14-9-20)24(35)18-5-10-28-11-6-18/h1-4,7,12,15-16,18,20,22-23,28H,5-6,8-11,13-14H2,(H,29,30,31). The minimum absolute atomic E-state index is 0.159. The smallest absolute Gasteiger partial charge is 0.298 e. The van der Waals surface area contributed by atoms with Crippen LogP contribution < -0.4 is 10.6 Å². The molecular formula is C26H30FN7O2. The van der Waals surface area contributed by atoms with E-state index < -0.39 is 0 Å². The Labute approximate surface area is 209 Å². The highest BCUT2D eigenvalue weighted by molar-refractivity contribution is 5.80. The lowest BCUT2D eigenvalue weighted by Crippen LogP contribution is -2.46. The fraction of sp³-hybridized carbons (Fsp3) is 0.462. The van der Waals surface area contributed by atoms with Gasteiger partial charge in [-0.25, -0.2) is 19.4 Å². The number of halogens is 1. The first kappa shape index (κ1) is 22.9. The lowest BCUT2D eigenvalue weighted by molar-refractivity contribution is -0.137. The zero-order chi connectivity index (χ0) is 24.5. The third-order valence-corrected chi connectivity index (χ3v) is 7.48. The summed E-state index contributed by atoms with van der Waals surface area (Å²) in [5.41, 5.74) is 1.69. The molecular weight excluding hydrogens is 461 g/mol. The third-order valence-electron chi connectivity index (χ3n) is 7.48. The molecule has 0 radical (unpaired) electrons. The second-order valence-electron chi connectivity index (χ2n) is 9.74. The minimum atomic E-state index is -0.283. The van der Waals surface area contributed by atoms with Crippen molar-refractivity contribution in [3.05, 3.63) is 66.1 Å². The number of piperidine rings is 2. The van der Waals surface area contributed by atoms with Crippen LogP contribution in [0.1, 0.15) is 49.0 Å². The van der Waals surface area contributed by atoms with Crippen LogP contribution in [0.25, 0.3) is 0 Å². The number of nitrogens with one attached hydrogen (secondary N) is 2. The molecule has 1 aromatic heterocycles. The van der Waals surface area contributed by atoms with Crippen molar-refractivity contribution in [2.45, 2.75) is 43.8 Å². The lowest BCUT2D eigenvalue weighted by atomic mass is 9.95. The lowest BCUT2D eigenvalue weighted by Gasteiger charge is -2.35. The number of likely N-dealkylation sites (tertiary alicyclic amines) is 1. The second kappa shape index (κ2) is 9.85. The number of hydrogen-bond acceptors (Lipinski definition) is 8. The van der Waals surface area contributed by atoms with E-state index in [1.807, 2.05) is 22.1 Å². The molecule has 2 unspecified atom stereocenters. The van der Waals surface area contributed by atoms with Gasteiger partial charge in [0.2, 0.25) is 11.9 Å². The highest BCUT2D eigenvalue weighted by Gasteiger charge is 2.41. The maximum absolute atomic E-state index is 13.5. The van der Waals surface area contributed by atoms with Crippen molar-refractivity contribution in [3.8, 4) is 0 Å². The van der Waals surface area contributed by atoms with E-state index >= 15 is 0 Å². The number of anilines is 1. The molecule has 10 heteroatoms. The summed E-state index contributed by atoms with van der Waals surface area (Å²) in [5, 5.41) is 6.81. The summed E-state index contributed by atoms with van der Waals surface area (Å²) in [6.45, 7) is 3.36. The average molecular weight is 492 g/mol. The van der Waals surface area contributed by atoms with E-state index in [2.05, 4.69) is 15.6 Å². The first-order valence-electron chi connectivity index (χ1n) is 12.7. The fourth-order valence-electron chi connectivity index (χ4n) is 5.51. The third kappa shape index (κ3) is 4.53. The van der Waals surface area contributed by atoms with Gasteiger partial charge in [-0.05, 0) is 62.5 Å². The van der Waals surface area contributed by atoms with E-state index in [-0.39, 0.29) is 29.9 Å². The van der Waals surface area contributed by atoms with Crippen LogP contribution in [0.5, 0.6) is 0 Å². The average Bonchev–Trinajstić information content (AvgIpc) is 3.52. The van der Waals surface area contributed by atoms with Crippen molar-refractivity contribution in [2.24, 2.45) is 10.9 Å². The Morgan fingerprint density at radius 1 is 1.08 bits per heavy atom. The predicted molar refractivity (Wildman–Crippen MR) is 132 cm³/mol. The molecule has 2 fully saturated rings. The van der Waals surface area contributed by atoms with Gasteiger partial charge in [0.1, 0.15) is 24.2 Å². The molecule has 1 amide bonds. The number of aliphatic imine (C=N–C) groups is 1. The largest absolute Gasteiger partial charge is 0.432 e. The zero-order valence-electron chi connectivity index (χ0n) is 20.0. The summed E-state index contributed by atoms with van der Waals surface area (Å²) in [4.78, 5) is 30.9. The van der Waals surface area contributed by atoms with E-state index in [1.54, 1.807) is 24.6 Å². The molecule has 1 aromatic carbocycles. The Balaban J connectivity index is 1.13. The summed E-state index contributed by atoms with van der Waals surface area (Å²) in [6.07, 6.45) is 8.79. The number of rotatable bonds is 5. The SMILES string of the molecule is O=C(C1CCNCC1)N1CCC(Nc2nccc(C3C(c4ccc(F)cc4)N=C4OC=CN43)n2)CC1. The number of carbonyl (C=O) groups is 1. The molecule has 2 N–H and O–H groups in total. The summed E-state index contributed by atoms with van der Waals surface area (Å²) in [5.74, 6) is 0.741. The van der Waals surface area contributed by atoms with Gasteiger partial charge in [0, 0.05) is 37.4 Å². The number of amidine groups is 1. The molecule has 188 valence electrons. The van der Waals surface area contributed by atoms with Gasteiger partial charge in [-0.2, -0.15) is 0 Å². The molecule has 4 aliphatic rings. The predicted octanol–water partition coefficient (Wildman–Crippen LogP) is 2.97. The molecule has 0 bridgehead atoms. The summed E-state index contributed by atoms with van der Waals surface area (Å²) in [6, 6.07) is 8.49. The van der Waals surface area contributed by atoms with Gasteiger partial charge in [-0.3, -0.25) is 9.69 Å². The summed E-state index contributed by atoms with van der Waals surface area (Å²) in [7, 11) is 0. The quantitative estimate of drug-likeness (QED) is 0.664. The van der Waals surface area contributed by atoms with Crippen LogP contribution >= 0.6 is 0 Å². The minimum Gasteiger partial charge on any atom is -0.432 e.